The van der Waals surface area contributed by atoms with Crippen molar-refractivity contribution in [2.24, 2.45) is 0 Å². The zero-order chi connectivity index (χ0) is 11.9. The van der Waals surface area contributed by atoms with Crippen LogP contribution in [0.25, 0.3) is 0 Å². The zero-order valence-corrected chi connectivity index (χ0v) is 7.58. The van der Waals surface area contributed by atoms with Gasteiger partial charge in [-0.25, -0.2) is 0 Å². The maximum Gasteiger partial charge on any atom is 0.536 e. The number of nitrogens with zero attached hydrogens (tertiary/aromatic N) is 1. The fourth-order valence-corrected chi connectivity index (χ4v) is 1.05. The van der Waals surface area contributed by atoms with E-state index in [9.17, 15) is 21.6 Å². The molecule has 6 nitrogen and oxygen atoms in total. The van der Waals surface area contributed by atoms with Crippen molar-refractivity contribution in [3.8, 4) is 11.8 Å². The molecule has 0 fully saturated rings. The predicted molar refractivity (Wildman–Crippen MR) is 39.3 cm³/mol. The molecule has 0 spiro atoms. The van der Waals surface area contributed by atoms with Crippen LogP contribution in [0.4, 0.5) is 13.2 Å². The molecule has 0 bridgehead atoms. The molecule has 1 aromatic heterocycles. The molecule has 0 aromatic carbocycles. The summed E-state index contributed by atoms with van der Waals surface area (Å²) >= 11 is 0. The third kappa shape index (κ3) is 2.09. The summed E-state index contributed by atoms with van der Waals surface area (Å²) in [7, 11) is -5.92. The lowest BCUT2D eigenvalue weighted by Crippen LogP contribution is -2.32. The lowest BCUT2D eigenvalue weighted by molar-refractivity contribution is -0.0554. The molecule has 0 aliphatic rings. The average Bonchev–Trinajstić information content (AvgIpc) is 2.33. The third-order valence-corrected chi connectivity index (χ3v) is 2.17. The Hall–Kier alpha value is -1.58. The highest BCUT2D eigenvalue weighted by molar-refractivity contribution is 7.87. The van der Waals surface area contributed by atoms with E-state index in [0.717, 1.165) is 12.1 Å². The van der Waals surface area contributed by atoms with Gasteiger partial charge >= 0.3 is 15.6 Å². The standard InChI is InChI=1S/C5H4F3NO5S/c6-5(7,8)15(12,13)14-9-3(10)1-2-4(9)11/h1-2,10-11H. The van der Waals surface area contributed by atoms with E-state index in [4.69, 9.17) is 10.2 Å². The van der Waals surface area contributed by atoms with Crippen LogP contribution in [0.3, 0.4) is 0 Å². The molecular weight excluding hydrogens is 243 g/mol. The second kappa shape index (κ2) is 3.22. The molecule has 10 heteroatoms. The van der Waals surface area contributed by atoms with E-state index < -0.39 is 27.4 Å². The van der Waals surface area contributed by atoms with E-state index in [1.54, 1.807) is 0 Å². The number of hydrogen-bond donors (Lipinski definition) is 2. The third-order valence-electron chi connectivity index (χ3n) is 1.25. The summed E-state index contributed by atoms with van der Waals surface area (Å²) < 4.78 is 59.4. The molecule has 1 aromatic rings. The summed E-state index contributed by atoms with van der Waals surface area (Å²) in [6.45, 7) is 0. The van der Waals surface area contributed by atoms with Gasteiger partial charge in [0.15, 0.2) is 0 Å². The maximum absolute atomic E-state index is 11.8. The van der Waals surface area contributed by atoms with Gasteiger partial charge in [0, 0.05) is 12.1 Å². The fraction of sp³-hybridized carbons (Fsp3) is 0.200. The molecule has 0 atom stereocenters. The number of rotatable bonds is 2. The summed E-state index contributed by atoms with van der Waals surface area (Å²) in [4.78, 5) is 0. The van der Waals surface area contributed by atoms with Crippen LogP contribution in [0.15, 0.2) is 12.1 Å². The van der Waals surface area contributed by atoms with E-state index in [1.807, 2.05) is 0 Å². The molecule has 2 N–H and O–H groups in total. The number of aromatic nitrogens is 1. The minimum Gasteiger partial charge on any atom is -0.492 e. The minimum atomic E-state index is -5.92. The Labute approximate surface area is 81.2 Å². The Morgan fingerprint density at radius 1 is 1.20 bits per heavy atom. The van der Waals surface area contributed by atoms with Gasteiger partial charge in [0.25, 0.3) is 0 Å². The van der Waals surface area contributed by atoms with Gasteiger partial charge in [0.05, 0.1) is 0 Å². The van der Waals surface area contributed by atoms with E-state index in [-0.39, 0.29) is 4.73 Å². The largest absolute Gasteiger partial charge is 0.536 e. The van der Waals surface area contributed by atoms with Gasteiger partial charge in [0.1, 0.15) is 0 Å². The van der Waals surface area contributed by atoms with Crippen LogP contribution in [0.1, 0.15) is 0 Å². The quantitative estimate of drug-likeness (QED) is 0.727. The molecule has 0 radical (unpaired) electrons. The molecule has 0 amide bonds. The van der Waals surface area contributed by atoms with Crippen molar-refractivity contribution in [2.75, 3.05) is 0 Å². The molecule has 0 unspecified atom stereocenters. The van der Waals surface area contributed by atoms with Gasteiger partial charge in [-0.2, -0.15) is 21.6 Å². The fourth-order valence-electron chi connectivity index (χ4n) is 0.619. The maximum atomic E-state index is 11.8. The first kappa shape index (κ1) is 11.5. The highest BCUT2D eigenvalue weighted by Crippen LogP contribution is 2.26. The second-order valence-corrected chi connectivity index (χ2v) is 3.84. The summed E-state index contributed by atoms with van der Waals surface area (Å²) in [5.41, 5.74) is -5.64. The average molecular weight is 247 g/mol. The van der Waals surface area contributed by atoms with Crippen LogP contribution in [-0.2, 0) is 10.1 Å². The summed E-state index contributed by atoms with van der Waals surface area (Å²) in [5, 5.41) is 17.6. The van der Waals surface area contributed by atoms with Gasteiger partial charge < -0.3 is 10.2 Å². The molecule has 0 aliphatic heterocycles. The van der Waals surface area contributed by atoms with E-state index in [0.29, 0.717) is 0 Å². The topological polar surface area (TPSA) is 88.8 Å². The molecule has 15 heavy (non-hydrogen) atoms. The first-order valence-corrected chi connectivity index (χ1v) is 4.67. The van der Waals surface area contributed by atoms with Gasteiger partial charge in [0.2, 0.25) is 11.8 Å². The Bertz CT molecular complexity index is 442. The van der Waals surface area contributed by atoms with E-state index in [1.165, 1.54) is 0 Å². The second-order valence-electron chi connectivity index (χ2n) is 2.32. The Kier molecular flexibility index (Phi) is 2.47. The monoisotopic (exact) mass is 247 g/mol. The minimum absolute atomic E-state index is 0.275. The van der Waals surface area contributed by atoms with Crippen LogP contribution in [0, 0.1) is 0 Å². The molecule has 1 rings (SSSR count). The zero-order valence-electron chi connectivity index (χ0n) is 6.76. The van der Waals surface area contributed by atoms with E-state index >= 15 is 0 Å². The lowest BCUT2D eigenvalue weighted by atomic mass is 10.6. The van der Waals surface area contributed by atoms with Crippen molar-refractivity contribution >= 4 is 10.1 Å². The first-order chi connectivity index (χ1) is 6.65. The Morgan fingerprint density at radius 2 is 1.60 bits per heavy atom. The summed E-state index contributed by atoms with van der Waals surface area (Å²) in [6, 6.07) is 1.50. The van der Waals surface area contributed by atoms with E-state index in [2.05, 4.69) is 4.28 Å². The Balaban J connectivity index is 3.08. The number of alkyl halides is 3. The SMILES string of the molecule is O=S(=O)(On1c(O)ccc1O)C(F)(F)F. The number of hydrogen-bond acceptors (Lipinski definition) is 5. The normalized spacial score (nSPS) is 12.7. The van der Waals surface area contributed by atoms with Crippen LogP contribution in [0.2, 0.25) is 0 Å². The lowest BCUT2D eigenvalue weighted by Gasteiger charge is -2.10. The van der Waals surface area contributed by atoms with Crippen molar-refractivity contribution < 1.29 is 36.1 Å². The first-order valence-electron chi connectivity index (χ1n) is 3.26. The highest BCUT2D eigenvalue weighted by Gasteiger charge is 2.49. The van der Waals surface area contributed by atoms with Crippen molar-refractivity contribution in [3.63, 3.8) is 0 Å². The van der Waals surface area contributed by atoms with Gasteiger partial charge in [-0.3, -0.25) is 4.28 Å². The van der Waals surface area contributed by atoms with Crippen molar-refractivity contribution in [1.82, 2.24) is 4.73 Å². The molecular formula is C5H4F3NO5S. The number of halogens is 3. The Morgan fingerprint density at radius 3 is 1.93 bits per heavy atom. The van der Waals surface area contributed by atoms with Gasteiger partial charge in [-0.1, -0.05) is 4.73 Å². The van der Waals surface area contributed by atoms with Crippen molar-refractivity contribution in [3.05, 3.63) is 12.1 Å². The summed E-state index contributed by atoms with van der Waals surface area (Å²) in [5.74, 6) is -1.97. The van der Waals surface area contributed by atoms with Crippen LogP contribution < -0.4 is 4.28 Å². The van der Waals surface area contributed by atoms with Gasteiger partial charge in [-0.15, -0.1) is 0 Å². The molecule has 0 saturated heterocycles. The highest BCUT2D eigenvalue weighted by atomic mass is 32.2. The molecule has 0 aliphatic carbocycles. The van der Waals surface area contributed by atoms with Gasteiger partial charge in [-0.05, 0) is 0 Å². The van der Waals surface area contributed by atoms with Crippen LogP contribution in [0.5, 0.6) is 11.8 Å². The molecule has 0 saturated carbocycles. The van der Waals surface area contributed by atoms with Crippen LogP contribution in [-0.4, -0.2) is 28.9 Å². The van der Waals surface area contributed by atoms with Crippen molar-refractivity contribution in [1.29, 1.82) is 0 Å². The molecule has 86 valence electrons. The number of aromatic hydroxyl groups is 2. The van der Waals surface area contributed by atoms with Crippen molar-refractivity contribution in [2.45, 2.75) is 5.51 Å². The smallest absolute Gasteiger partial charge is 0.492 e. The predicted octanol–water partition coefficient (Wildman–Crippen LogP) is 0.177. The summed E-state index contributed by atoms with van der Waals surface area (Å²) in [6.07, 6.45) is 0. The van der Waals surface area contributed by atoms with Crippen LogP contribution >= 0.6 is 0 Å². The molecule has 1 heterocycles.